The monoisotopic (exact) mass is 294 g/mol. The quantitative estimate of drug-likeness (QED) is 0.888. The summed E-state index contributed by atoms with van der Waals surface area (Å²) in [6, 6.07) is 5.26. The Bertz CT molecular complexity index is 419. The number of alkyl halides is 3. The van der Waals surface area contributed by atoms with Crippen molar-refractivity contribution in [1.29, 1.82) is 0 Å². The number of hydrogen-bond acceptors (Lipinski definition) is 2. The molecule has 1 rings (SSSR count). The van der Waals surface area contributed by atoms with E-state index in [4.69, 9.17) is 11.6 Å². The number of benzene rings is 1. The van der Waals surface area contributed by atoms with Crippen LogP contribution < -0.4 is 10.2 Å². The van der Waals surface area contributed by atoms with Crippen LogP contribution in [0.3, 0.4) is 0 Å². The van der Waals surface area contributed by atoms with Crippen LogP contribution in [0.25, 0.3) is 0 Å². The fourth-order valence-corrected chi connectivity index (χ4v) is 1.88. The van der Waals surface area contributed by atoms with Crippen molar-refractivity contribution in [1.82, 2.24) is 5.32 Å². The van der Waals surface area contributed by atoms with Gasteiger partial charge in [0.25, 0.3) is 0 Å². The van der Waals surface area contributed by atoms with Crippen molar-refractivity contribution in [2.45, 2.75) is 32.6 Å². The van der Waals surface area contributed by atoms with E-state index in [1.54, 1.807) is 18.2 Å². The van der Waals surface area contributed by atoms with Crippen LogP contribution in [0.15, 0.2) is 18.2 Å². The molecule has 1 aromatic rings. The van der Waals surface area contributed by atoms with E-state index in [1.807, 2.05) is 13.8 Å². The third-order valence-electron chi connectivity index (χ3n) is 2.58. The standard InChI is InChI=1S/C13H18ClF3N2/c1-9(2)18-7-10-4-5-11(14)6-12(10)19(3)8-13(15,16)17/h4-6,9,18H,7-8H2,1-3H3. The van der Waals surface area contributed by atoms with Crippen LogP contribution in [0.1, 0.15) is 19.4 Å². The lowest BCUT2D eigenvalue weighted by atomic mass is 10.1. The number of rotatable bonds is 5. The highest BCUT2D eigenvalue weighted by Crippen LogP contribution is 2.27. The number of hydrogen-bond donors (Lipinski definition) is 1. The SMILES string of the molecule is CC(C)NCc1ccc(Cl)cc1N(C)CC(F)(F)F. The molecule has 0 aliphatic carbocycles. The number of anilines is 1. The lowest BCUT2D eigenvalue weighted by Gasteiger charge is -2.24. The van der Waals surface area contributed by atoms with E-state index in [0.29, 0.717) is 17.3 Å². The first kappa shape index (κ1) is 16.1. The Hall–Kier alpha value is -0.940. The minimum atomic E-state index is -4.24. The Labute approximate surface area is 116 Å². The van der Waals surface area contributed by atoms with E-state index >= 15 is 0 Å². The summed E-state index contributed by atoms with van der Waals surface area (Å²) >= 11 is 5.87. The zero-order chi connectivity index (χ0) is 14.6. The van der Waals surface area contributed by atoms with E-state index < -0.39 is 12.7 Å². The second-order valence-corrected chi connectivity index (χ2v) is 5.22. The highest BCUT2D eigenvalue weighted by atomic mass is 35.5. The van der Waals surface area contributed by atoms with Gasteiger partial charge >= 0.3 is 6.18 Å². The molecule has 0 unspecified atom stereocenters. The van der Waals surface area contributed by atoms with Gasteiger partial charge in [-0.3, -0.25) is 0 Å². The molecular formula is C13H18ClF3N2. The first-order valence-electron chi connectivity index (χ1n) is 5.99. The molecule has 2 nitrogen and oxygen atoms in total. The average molecular weight is 295 g/mol. The molecule has 108 valence electrons. The maximum absolute atomic E-state index is 12.4. The lowest BCUT2D eigenvalue weighted by Crippen LogP contribution is -2.32. The van der Waals surface area contributed by atoms with Crippen molar-refractivity contribution in [3.63, 3.8) is 0 Å². The summed E-state index contributed by atoms with van der Waals surface area (Å²) in [5.41, 5.74) is 1.29. The molecule has 1 aromatic carbocycles. The maximum atomic E-state index is 12.4. The third-order valence-corrected chi connectivity index (χ3v) is 2.81. The van der Waals surface area contributed by atoms with Crippen LogP contribution in [-0.2, 0) is 6.54 Å². The summed E-state index contributed by atoms with van der Waals surface area (Å²) in [5.74, 6) is 0. The Kier molecular flexibility index (Phi) is 5.50. The van der Waals surface area contributed by atoms with Gasteiger partial charge in [0.1, 0.15) is 6.54 Å². The van der Waals surface area contributed by atoms with Crippen molar-refractivity contribution in [2.24, 2.45) is 0 Å². The predicted octanol–water partition coefficient (Wildman–Crippen LogP) is 3.84. The molecule has 0 saturated heterocycles. The van der Waals surface area contributed by atoms with Gasteiger partial charge in [-0.25, -0.2) is 0 Å². The molecule has 0 aliphatic rings. The van der Waals surface area contributed by atoms with E-state index in [-0.39, 0.29) is 6.04 Å². The molecule has 0 aliphatic heterocycles. The van der Waals surface area contributed by atoms with Crippen LogP contribution >= 0.6 is 11.6 Å². The molecule has 19 heavy (non-hydrogen) atoms. The minimum Gasteiger partial charge on any atom is -0.365 e. The fourth-order valence-electron chi connectivity index (χ4n) is 1.71. The first-order valence-corrected chi connectivity index (χ1v) is 6.36. The van der Waals surface area contributed by atoms with E-state index in [1.165, 1.54) is 11.9 Å². The van der Waals surface area contributed by atoms with Gasteiger partial charge in [-0.2, -0.15) is 13.2 Å². The summed E-state index contributed by atoms with van der Waals surface area (Å²) in [4.78, 5) is 1.17. The Morgan fingerprint density at radius 1 is 1.32 bits per heavy atom. The molecule has 0 aromatic heterocycles. The minimum absolute atomic E-state index is 0.261. The van der Waals surface area contributed by atoms with Crippen LogP contribution in [0.5, 0.6) is 0 Å². The summed E-state index contributed by atoms with van der Waals surface area (Å²) in [5, 5.41) is 3.62. The zero-order valence-electron chi connectivity index (χ0n) is 11.2. The summed E-state index contributed by atoms with van der Waals surface area (Å²) in [7, 11) is 1.41. The van der Waals surface area contributed by atoms with E-state index in [9.17, 15) is 13.2 Å². The molecule has 0 saturated carbocycles. The molecule has 0 spiro atoms. The van der Waals surface area contributed by atoms with E-state index in [0.717, 1.165) is 5.56 Å². The van der Waals surface area contributed by atoms with Gasteiger partial charge in [0.15, 0.2) is 0 Å². The Balaban J connectivity index is 2.93. The van der Waals surface area contributed by atoms with Crippen LogP contribution in [0, 0.1) is 0 Å². The molecule has 0 fully saturated rings. The fraction of sp³-hybridized carbons (Fsp3) is 0.538. The van der Waals surface area contributed by atoms with Gasteiger partial charge in [0, 0.05) is 30.3 Å². The van der Waals surface area contributed by atoms with Gasteiger partial charge in [0.2, 0.25) is 0 Å². The van der Waals surface area contributed by atoms with Crippen molar-refractivity contribution in [3.8, 4) is 0 Å². The maximum Gasteiger partial charge on any atom is 0.405 e. The van der Waals surface area contributed by atoms with Crippen LogP contribution in [0.4, 0.5) is 18.9 Å². The molecule has 6 heteroatoms. The third kappa shape index (κ3) is 5.70. The van der Waals surface area contributed by atoms with Crippen molar-refractivity contribution < 1.29 is 13.2 Å². The van der Waals surface area contributed by atoms with Crippen molar-refractivity contribution in [3.05, 3.63) is 28.8 Å². The van der Waals surface area contributed by atoms with Gasteiger partial charge in [-0.1, -0.05) is 31.5 Å². The summed E-state index contributed by atoms with van der Waals surface area (Å²) in [6.07, 6.45) is -4.24. The highest BCUT2D eigenvalue weighted by molar-refractivity contribution is 6.30. The zero-order valence-corrected chi connectivity index (χ0v) is 11.9. The number of nitrogens with one attached hydrogen (secondary N) is 1. The Morgan fingerprint density at radius 2 is 1.95 bits per heavy atom. The first-order chi connectivity index (χ1) is 8.69. The predicted molar refractivity (Wildman–Crippen MR) is 72.8 cm³/mol. The van der Waals surface area contributed by atoms with Crippen LogP contribution in [-0.4, -0.2) is 25.8 Å². The van der Waals surface area contributed by atoms with Gasteiger partial charge in [0.05, 0.1) is 0 Å². The van der Waals surface area contributed by atoms with Crippen molar-refractivity contribution in [2.75, 3.05) is 18.5 Å². The largest absolute Gasteiger partial charge is 0.405 e. The van der Waals surface area contributed by atoms with Gasteiger partial charge in [-0.05, 0) is 17.7 Å². The molecule has 0 atom stereocenters. The smallest absolute Gasteiger partial charge is 0.365 e. The molecular weight excluding hydrogens is 277 g/mol. The molecule has 1 N–H and O–H groups in total. The molecule has 0 heterocycles. The summed E-state index contributed by atoms with van der Waals surface area (Å²) < 4.78 is 37.3. The molecule has 0 bridgehead atoms. The second-order valence-electron chi connectivity index (χ2n) is 4.78. The Morgan fingerprint density at radius 3 is 2.47 bits per heavy atom. The van der Waals surface area contributed by atoms with Crippen LogP contribution in [0.2, 0.25) is 5.02 Å². The topological polar surface area (TPSA) is 15.3 Å². The van der Waals surface area contributed by atoms with Gasteiger partial charge < -0.3 is 10.2 Å². The number of halogens is 4. The average Bonchev–Trinajstić information content (AvgIpc) is 2.24. The molecule has 0 amide bonds. The second kappa shape index (κ2) is 6.48. The lowest BCUT2D eigenvalue weighted by molar-refractivity contribution is -0.119. The van der Waals surface area contributed by atoms with Gasteiger partial charge in [-0.15, -0.1) is 0 Å². The van der Waals surface area contributed by atoms with Crippen molar-refractivity contribution >= 4 is 17.3 Å². The number of nitrogens with zero attached hydrogens (tertiary/aromatic N) is 1. The normalized spacial score (nSPS) is 12.0. The summed E-state index contributed by atoms with van der Waals surface area (Å²) in [6.45, 7) is 3.47. The van der Waals surface area contributed by atoms with E-state index in [2.05, 4.69) is 5.32 Å². The highest BCUT2D eigenvalue weighted by Gasteiger charge is 2.30. The molecule has 0 radical (unpaired) electrons.